The van der Waals surface area contributed by atoms with Gasteiger partial charge in [-0.1, -0.05) is 23.4 Å². The zero-order valence-electron chi connectivity index (χ0n) is 16.2. The van der Waals surface area contributed by atoms with Gasteiger partial charge >= 0.3 is 0 Å². The number of hydrogen-bond acceptors (Lipinski definition) is 6. The van der Waals surface area contributed by atoms with E-state index in [1.165, 1.54) is 4.90 Å². The van der Waals surface area contributed by atoms with Crippen molar-refractivity contribution in [1.29, 1.82) is 0 Å². The van der Waals surface area contributed by atoms with Crippen LogP contribution < -0.4 is 14.4 Å². The lowest BCUT2D eigenvalue weighted by Gasteiger charge is -2.22. The van der Waals surface area contributed by atoms with Crippen molar-refractivity contribution in [3.8, 4) is 11.5 Å². The van der Waals surface area contributed by atoms with Crippen molar-refractivity contribution in [3.63, 3.8) is 0 Å². The Morgan fingerprint density at radius 3 is 2.45 bits per heavy atom. The van der Waals surface area contributed by atoms with Gasteiger partial charge in [-0.05, 0) is 43.2 Å². The Morgan fingerprint density at radius 2 is 1.69 bits per heavy atom. The van der Waals surface area contributed by atoms with Gasteiger partial charge in [-0.15, -0.1) is 0 Å². The summed E-state index contributed by atoms with van der Waals surface area (Å²) < 4.78 is 11.2. The molecule has 1 saturated heterocycles. The molecule has 3 heterocycles. The Balaban J connectivity index is 1.44. The van der Waals surface area contributed by atoms with Crippen molar-refractivity contribution >= 4 is 23.2 Å². The second kappa shape index (κ2) is 6.34. The third-order valence-electron chi connectivity index (χ3n) is 5.60. The molecule has 7 heteroatoms. The topological polar surface area (TPSA) is 77.4 Å². The molecule has 0 saturated carbocycles. The average molecular weight is 392 g/mol. The van der Waals surface area contributed by atoms with Gasteiger partial charge in [0, 0.05) is 12.0 Å². The van der Waals surface area contributed by atoms with Crippen LogP contribution in [-0.2, 0) is 14.4 Å². The largest absolute Gasteiger partial charge is 0.486 e. The first kappa shape index (κ1) is 17.7. The van der Waals surface area contributed by atoms with Crippen LogP contribution >= 0.6 is 0 Å². The van der Waals surface area contributed by atoms with Gasteiger partial charge in [0.05, 0.1) is 17.8 Å². The molecule has 3 aliphatic heterocycles. The molecular formula is C22H20N2O5. The summed E-state index contributed by atoms with van der Waals surface area (Å²) in [5, 5.41) is 4.17. The van der Waals surface area contributed by atoms with Crippen molar-refractivity contribution < 1.29 is 23.9 Å². The standard InChI is InChI=1S/C22H20N2O5/c1-13-4-3-5-14(2)20(13)24-19(25)12-22(21(24)26)11-16(23-29-22)15-6-7-17-18(10-15)28-9-8-27-17/h3-7,10H,8-9,11-12H2,1-2H3/t22-/m0/s1. The molecule has 2 aromatic carbocycles. The van der Waals surface area contributed by atoms with Gasteiger partial charge in [0.15, 0.2) is 11.5 Å². The maximum absolute atomic E-state index is 13.3. The molecule has 0 unspecified atom stereocenters. The zero-order valence-corrected chi connectivity index (χ0v) is 16.2. The molecule has 29 heavy (non-hydrogen) atoms. The van der Waals surface area contributed by atoms with Crippen molar-refractivity contribution in [2.24, 2.45) is 5.16 Å². The SMILES string of the molecule is Cc1cccc(C)c1N1C(=O)C[C@@]2(CC(c3ccc4c(c3)OCCO4)=NO2)C1=O. The quantitative estimate of drug-likeness (QED) is 0.735. The number of amides is 2. The second-order valence-corrected chi connectivity index (χ2v) is 7.61. The van der Waals surface area contributed by atoms with Gasteiger partial charge < -0.3 is 14.3 Å². The number of aryl methyl sites for hydroxylation is 2. The van der Waals surface area contributed by atoms with Crippen LogP contribution in [0.4, 0.5) is 5.69 Å². The molecule has 1 fully saturated rings. The van der Waals surface area contributed by atoms with E-state index in [0.717, 1.165) is 16.7 Å². The highest BCUT2D eigenvalue weighted by atomic mass is 16.7. The number of anilines is 1. The van der Waals surface area contributed by atoms with E-state index in [9.17, 15) is 9.59 Å². The Morgan fingerprint density at radius 1 is 0.966 bits per heavy atom. The molecule has 1 spiro atoms. The van der Waals surface area contributed by atoms with Crippen LogP contribution in [0.1, 0.15) is 29.5 Å². The number of oxime groups is 1. The molecule has 148 valence electrons. The summed E-state index contributed by atoms with van der Waals surface area (Å²) in [7, 11) is 0. The van der Waals surface area contributed by atoms with Gasteiger partial charge in [-0.3, -0.25) is 9.59 Å². The summed E-state index contributed by atoms with van der Waals surface area (Å²) in [5.74, 6) is 0.688. The van der Waals surface area contributed by atoms with Crippen LogP contribution in [0, 0.1) is 13.8 Å². The van der Waals surface area contributed by atoms with E-state index in [2.05, 4.69) is 5.16 Å². The van der Waals surface area contributed by atoms with E-state index < -0.39 is 5.60 Å². The van der Waals surface area contributed by atoms with E-state index in [1.54, 1.807) is 0 Å². The summed E-state index contributed by atoms with van der Waals surface area (Å²) in [6.45, 7) is 4.78. The Bertz CT molecular complexity index is 1060. The first-order chi connectivity index (χ1) is 14.0. The molecule has 2 amide bonds. The number of imide groups is 1. The summed E-state index contributed by atoms with van der Waals surface area (Å²) in [6.07, 6.45) is 0.204. The lowest BCUT2D eigenvalue weighted by atomic mass is 9.92. The van der Waals surface area contributed by atoms with Crippen LogP contribution in [0.3, 0.4) is 0 Å². The van der Waals surface area contributed by atoms with Gasteiger partial charge in [-0.25, -0.2) is 4.90 Å². The summed E-state index contributed by atoms with van der Waals surface area (Å²) in [6, 6.07) is 11.2. The van der Waals surface area contributed by atoms with Crippen molar-refractivity contribution in [2.75, 3.05) is 18.1 Å². The summed E-state index contributed by atoms with van der Waals surface area (Å²) >= 11 is 0. The van der Waals surface area contributed by atoms with Crippen LogP contribution in [-0.4, -0.2) is 36.3 Å². The number of ether oxygens (including phenoxy) is 2. The molecule has 0 radical (unpaired) electrons. The number of nitrogens with zero attached hydrogens (tertiary/aromatic N) is 2. The van der Waals surface area contributed by atoms with Gasteiger partial charge in [-0.2, -0.15) is 0 Å². The lowest BCUT2D eigenvalue weighted by molar-refractivity contribution is -0.136. The molecule has 0 bridgehead atoms. The maximum atomic E-state index is 13.3. The lowest BCUT2D eigenvalue weighted by Crippen LogP contribution is -2.41. The van der Waals surface area contributed by atoms with Gasteiger partial charge in [0.2, 0.25) is 11.5 Å². The molecule has 0 aliphatic carbocycles. The second-order valence-electron chi connectivity index (χ2n) is 7.61. The molecule has 0 N–H and O–H groups in total. The fourth-order valence-corrected chi connectivity index (χ4v) is 4.17. The monoisotopic (exact) mass is 392 g/mol. The highest BCUT2D eigenvalue weighted by molar-refractivity contribution is 6.26. The molecule has 7 nitrogen and oxygen atoms in total. The minimum absolute atomic E-state index is 0.0306. The molecular weight excluding hydrogens is 372 g/mol. The van der Waals surface area contributed by atoms with E-state index in [4.69, 9.17) is 14.3 Å². The van der Waals surface area contributed by atoms with Crippen LogP contribution in [0.5, 0.6) is 11.5 Å². The highest BCUT2D eigenvalue weighted by Gasteiger charge is 2.58. The van der Waals surface area contributed by atoms with Gasteiger partial charge in [0.1, 0.15) is 13.2 Å². The highest BCUT2D eigenvalue weighted by Crippen LogP contribution is 2.41. The average Bonchev–Trinajstić information content (AvgIpc) is 3.24. The minimum atomic E-state index is -1.28. The maximum Gasteiger partial charge on any atom is 0.281 e. The number of benzene rings is 2. The van der Waals surface area contributed by atoms with Crippen LogP contribution in [0.2, 0.25) is 0 Å². The normalized spacial score (nSPS) is 22.8. The Labute approximate surface area is 167 Å². The number of carbonyl (C=O) groups is 2. The van der Waals surface area contributed by atoms with Crippen molar-refractivity contribution in [1.82, 2.24) is 0 Å². The molecule has 3 aliphatic rings. The zero-order chi connectivity index (χ0) is 20.2. The third-order valence-corrected chi connectivity index (χ3v) is 5.60. The van der Waals surface area contributed by atoms with E-state index in [-0.39, 0.29) is 24.7 Å². The van der Waals surface area contributed by atoms with Crippen LogP contribution in [0.15, 0.2) is 41.6 Å². The predicted octanol–water partition coefficient (Wildman–Crippen LogP) is 2.90. The van der Waals surface area contributed by atoms with E-state index in [0.29, 0.717) is 36.1 Å². The van der Waals surface area contributed by atoms with E-state index in [1.807, 2.05) is 50.2 Å². The Hall–Kier alpha value is -3.35. The number of fused-ring (bicyclic) bond motifs is 1. The van der Waals surface area contributed by atoms with Crippen molar-refractivity contribution in [2.45, 2.75) is 32.3 Å². The Kier molecular flexibility index (Phi) is 3.87. The molecule has 1 atom stereocenters. The predicted molar refractivity (Wildman–Crippen MR) is 105 cm³/mol. The number of hydrogen-bond donors (Lipinski definition) is 0. The minimum Gasteiger partial charge on any atom is -0.486 e. The van der Waals surface area contributed by atoms with Gasteiger partial charge in [0.25, 0.3) is 5.91 Å². The number of rotatable bonds is 2. The fourth-order valence-electron chi connectivity index (χ4n) is 4.17. The van der Waals surface area contributed by atoms with Crippen LogP contribution in [0.25, 0.3) is 0 Å². The summed E-state index contributed by atoms with van der Waals surface area (Å²) in [4.78, 5) is 33.0. The molecule has 5 rings (SSSR count). The number of para-hydroxylation sites is 1. The molecule has 2 aromatic rings. The van der Waals surface area contributed by atoms with Crippen molar-refractivity contribution in [3.05, 3.63) is 53.1 Å². The third kappa shape index (κ3) is 2.68. The summed E-state index contributed by atoms with van der Waals surface area (Å²) in [5.41, 5.74) is 2.50. The van der Waals surface area contributed by atoms with E-state index >= 15 is 0 Å². The first-order valence-electron chi connectivity index (χ1n) is 9.57. The number of carbonyl (C=O) groups excluding carboxylic acids is 2. The molecule has 0 aromatic heterocycles. The fraction of sp³-hybridized carbons (Fsp3) is 0.318. The first-order valence-corrected chi connectivity index (χ1v) is 9.57. The smallest absolute Gasteiger partial charge is 0.281 e.